The van der Waals surface area contributed by atoms with Crippen LogP contribution in [0.4, 0.5) is 4.79 Å². The summed E-state index contributed by atoms with van der Waals surface area (Å²) in [6, 6.07) is 0. The van der Waals surface area contributed by atoms with Gasteiger partial charge in [-0.1, -0.05) is 13.3 Å². The molecule has 0 aliphatic carbocycles. The number of hydrogen-bond acceptors (Lipinski definition) is 3. The standard InChI is InChI=1S/C11H19NO3/c1-2-3-6-14-11(13)12-5-4-9(7-12)10-8-15-10/h9-10H,2-8H2,1H3/t9-,10-/m0/s1. The molecule has 2 heterocycles. The SMILES string of the molecule is CCCCOC(=O)N1CC[C@H]([C@@H]2CO2)C1. The van der Waals surface area contributed by atoms with Crippen LogP contribution >= 0.6 is 0 Å². The quantitative estimate of drug-likeness (QED) is 0.526. The molecular formula is C11H19NO3. The first kappa shape index (κ1) is 10.7. The fourth-order valence-electron chi connectivity index (χ4n) is 1.98. The van der Waals surface area contributed by atoms with Gasteiger partial charge in [0.15, 0.2) is 0 Å². The zero-order valence-corrected chi connectivity index (χ0v) is 9.28. The Bertz CT molecular complexity index is 228. The van der Waals surface area contributed by atoms with Crippen LogP contribution in [0.25, 0.3) is 0 Å². The molecule has 0 unspecified atom stereocenters. The van der Waals surface area contributed by atoms with Gasteiger partial charge in [0.25, 0.3) is 0 Å². The van der Waals surface area contributed by atoms with Crippen LogP contribution in [0, 0.1) is 5.92 Å². The average Bonchev–Trinajstić information content (AvgIpc) is 2.97. The third-order valence-corrected chi connectivity index (χ3v) is 3.09. The summed E-state index contributed by atoms with van der Waals surface area (Å²) < 4.78 is 10.4. The Morgan fingerprint density at radius 2 is 2.40 bits per heavy atom. The molecule has 2 aliphatic heterocycles. The van der Waals surface area contributed by atoms with Gasteiger partial charge in [0.2, 0.25) is 0 Å². The summed E-state index contributed by atoms with van der Waals surface area (Å²) in [7, 11) is 0. The van der Waals surface area contributed by atoms with E-state index in [-0.39, 0.29) is 6.09 Å². The first-order valence-corrected chi connectivity index (χ1v) is 5.84. The maximum atomic E-state index is 11.6. The van der Waals surface area contributed by atoms with E-state index in [4.69, 9.17) is 9.47 Å². The van der Waals surface area contributed by atoms with Crippen molar-refractivity contribution in [2.45, 2.75) is 32.3 Å². The average molecular weight is 213 g/mol. The van der Waals surface area contributed by atoms with Crippen molar-refractivity contribution >= 4 is 6.09 Å². The number of nitrogens with zero attached hydrogens (tertiary/aromatic N) is 1. The van der Waals surface area contributed by atoms with E-state index in [0.29, 0.717) is 18.6 Å². The topological polar surface area (TPSA) is 42.1 Å². The molecule has 4 heteroatoms. The molecule has 0 N–H and O–H groups in total. The van der Waals surface area contributed by atoms with Crippen molar-refractivity contribution in [2.24, 2.45) is 5.92 Å². The van der Waals surface area contributed by atoms with Gasteiger partial charge >= 0.3 is 6.09 Å². The van der Waals surface area contributed by atoms with E-state index in [1.165, 1.54) is 0 Å². The molecule has 2 aliphatic rings. The predicted octanol–water partition coefficient (Wildman–Crippen LogP) is 1.64. The Labute approximate surface area is 90.5 Å². The maximum absolute atomic E-state index is 11.6. The van der Waals surface area contributed by atoms with E-state index in [1.54, 1.807) is 0 Å². The van der Waals surface area contributed by atoms with Crippen LogP contribution in [0.15, 0.2) is 0 Å². The first-order chi connectivity index (χ1) is 7.31. The van der Waals surface area contributed by atoms with Gasteiger partial charge in [0, 0.05) is 19.0 Å². The van der Waals surface area contributed by atoms with Crippen LogP contribution in [0.3, 0.4) is 0 Å². The number of epoxide rings is 1. The molecule has 1 amide bonds. The van der Waals surface area contributed by atoms with Crippen molar-refractivity contribution in [2.75, 3.05) is 26.3 Å². The third-order valence-electron chi connectivity index (χ3n) is 3.09. The Hall–Kier alpha value is -0.770. The Balaban J connectivity index is 1.67. The lowest BCUT2D eigenvalue weighted by molar-refractivity contribution is 0.107. The highest BCUT2D eigenvalue weighted by atomic mass is 16.6. The minimum atomic E-state index is -0.147. The largest absolute Gasteiger partial charge is 0.449 e. The summed E-state index contributed by atoms with van der Waals surface area (Å²) >= 11 is 0. The van der Waals surface area contributed by atoms with E-state index < -0.39 is 0 Å². The van der Waals surface area contributed by atoms with Crippen LogP contribution in [-0.2, 0) is 9.47 Å². The van der Waals surface area contributed by atoms with Gasteiger partial charge in [-0.3, -0.25) is 0 Å². The molecule has 86 valence electrons. The summed E-state index contributed by atoms with van der Waals surface area (Å²) in [5.41, 5.74) is 0. The molecule has 0 saturated carbocycles. The van der Waals surface area contributed by atoms with E-state index in [9.17, 15) is 4.79 Å². The fourth-order valence-corrected chi connectivity index (χ4v) is 1.98. The van der Waals surface area contributed by atoms with E-state index in [1.807, 2.05) is 4.90 Å². The van der Waals surface area contributed by atoms with Gasteiger partial charge < -0.3 is 14.4 Å². The molecule has 4 nitrogen and oxygen atoms in total. The van der Waals surface area contributed by atoms with Gasteiger partial charge in [-0.2, -0.15) is 0 Å². The van der Waals surface area contributed by atoms with E-state index >= 15 is 0 Å². The van der Waals surface area contributed by atoms with E-state index in [2.05, 4.69) is 6.92 Å². The van der Waals surface area contributed by atoms with Crippen LogP contribution < -0.4 is 0 Å². The molecular weight excluding hydrogens is 194 g/mol. The summed E-state index contributed by atoms with van der Waals surface area (Å²) in [5, 5.41) is 0. The minimum Gasteiger partial charge on any atom is -0.449 e. The lowest BCUT2D eigenvalue weighted by Crippen LogP contribution is -2.30. The highest BCUT2D eigenvalue weighted by Gasteiger charge is 2.38. The zero-order chi connectivity index (χ0) is 10.7. The van der Waals surface area contributed by atoms with Gasteiger partial charge in [-0.25, -0.2) is 4.79 Å². The number of hydrogen-bond donors (Lipinski definition) is 0. The van der Waals surface area contributed by atoms with Crippen molar-refractivity contribution in [3.05, 3.63) is 0 Å². The van der Waals surface area contributed by atoms with Gasteiger partial charge in [0.05, 0.1) is 19.3 Å². The van der Waals surface area contributed by atoms with Crippen molar-refractivity contribution in [3.63, 3.8) is 0 Å². The summed E-state index contributed by atoms with van der Waals surface area (Å²) in [4.78, 5) is 13.4. The monoisotopic (exact) mass is 213 g/mol. The number of rotatable bonds is 4. The number of ether oxygens (including phenoxy) is 2. The van der Waals surface area contributed by atoms with Crippen LogP contribution in [0.1, 0.15) is 26.2 Å². The Morgan fingerprint density at radius 3 is 3.07 bits per heavy atom. The molecule has 0 spiro atoms. The zero-order valence-electron chi connectivity index (χ0n) is 9.28. The smallest absolute Gasteiger partial charge is 0.409 e. The minimum absolute atomic E-state index is 0.147. The second-order valence-corrected chi connectivity index (χ2v) is 4.33. The maximum Gasteiger partial charge on any atom is 0.409 e. The molecule has 2 fully saturated rings. The molecule has 2 saturated heterocycles. The van der Waals surface area contributed by atoms with Crippen LogP contribution in [-0.4, -0.2) is 43.4 Å². The number of likely N-dealkylation sites (tertiary alicyclic amines) is 1. The van der Waals surface area contributed by atoms with Gasteiger partial charge in [0.1, 0.15) is 0 Å². The van der Waals surface area contributed by atoms with Gasteiger partial charge in [-0.05, 0) is 12.8 Å². The second-order valence-electron chi connectivity index (χ2n) is 4.33. The third kappa shape index (κ3) is 2.84. The Kier molecular flexibility index (Phi) is 3.46. The summed E-state index contributed by atoms with van der Waals surface area (Å²) in [5.74, 6) is 0.545. The fraction of sp³-hybridized carbons (Fsp3) is 0.909. The normalized spacial score (nSPS) is 29.3. The Morgan fingerprint density at radius 1 is 1.60 bits per heavy atom. The number of amides is 1. The molecule has 0 bridgehead atoms. The molecule has 0 aromatic carbocycles. The lowest BCUT2D eigenvalue weighted by Gasteiger charge is -2.15. The van der Waals surface area contributed by atoms with Crippen LogP contribution in [0.2, 0.25) is 0 Å². The molecule has 0 radical (unpaired) electrons. The highest BCUT2D eigenvalue weighted by molar-refractivity contribution is 5.67. The van der Waals surface area contributed by atoms with Gasteiger partial charge in [-0.15, -0.1) is 0 Å². The van der Waals surface area contributed by atoms with Crippen molar-refractivity contribution in [3.8, 4) is 0 Å². The number of unbranched alkanes of at least 4 members (excludes halogenated alkanes) is 1. The lowest BCUT2D eigenvalue weighted by atomic mass is 10.1. The second kappa shape index (κ2) is 4.84. The highest BCUT2D eigenvalue weighted by Crippen LogP contribution is 2.28. The predicted molar refractivity (Wildman–Crippen MR) is 55.7 cm³/mol. The van der Waals surface area contributed by atoms with Crippen molar-refractivity contribution < 1.29 is 14.3 Å². The van der Waals surface area contributed by atoms with Crippen molar-refractivity contribution in [1.29, 1.82) is 0 Å². The van der Waals surface area contributed by atoms with Crippen molar-refractivity contribution in [1.82, 2.24) is 4.90 Å². The summed E-state index contributed by atoms with van der Waals surface area (Å²) in [6.07, 6.45) is 3.35. The molecule has 2 rings (SSSR count). The summed E-state index contributed by atoms with van der Waals surface area (Å²) in [6.45, 7) is 5.16. The van der Waals surface area contributed by atoms with Crippen LogP contribution in [0.5, 0.6) is 0 Å². The first-order valence-electron chi connectivity index (χ1n) is 5.84. The molecule has 2 atom stereocenters. The molecule has 0 aromatic rings. The molecule has 15 heavy (non-hydrogen) atoms. The molecule has 0 aromatic heterocycles. The number of carbonyl (C=O) groups excluding carboxylic acids is 1. The van der Waals surface area contributed by atoms with E-state index in [0.717, 1.165) is 39.0 Å². The number of carbonyl (C=O) groups is 1.